The third kappa shape index (κ3) is 5.63. The van der Waals surface area contributed by atoms with Crippen LogP contribution in [0.2, 0.25) is 5.02 Å². The van der Waals surface area contributed by atoms with Crippen LogP contribution in [0.1, 0.15) is 24.8 Å². The van der Waals surface area contributed by atoms with Gasteiger partial charge in [-0.05, 0) is 43.0 Å². The van der Waals surface area contributed by atoms with E-state index in [1.165, 1.54) is 21.9 Å². The van der Waals surface area contributed by atoms with E-state index in [1.807, 2.05) is 30.3 Å². The molecule has 2 heterocycles. The van der Waals surface area contributed by atoms with E-state index < -0.39 is 23.6 Å². The highest BCUT2D eigenvalue weighted by atomic mass is 35.5. The fourth-order valence-corrected chi connectivity index (χ4v) is 4.43. The number of benzene rings is 2. The Kier molecular flexibility index (Phi) is 7.17. The molecule has 2 amide bonds. The molecule has 176 valence electrons. The molecular formula is C24H27ClFN3O4. The van der Waals surface area contributed by atoms with Gasteiger partial charge in [-0.25, -0.2) is 9.18 Å². The number of nitrogens with one attached hydrogen (secondary N) is 1. The van der Waals surface area contributed by atoms with E-state index in [2.05, 4.69) is 5.32 Å². The van der Waals surface area contributed by atoms with Gasteiger partial charge in [-0.1, -0.05) is 41.9 Å². The van der Waals surface area contributed by atoms with Crippen LogP contribution in [0.3, 0.4) is 0 Å². The van der Waals surface area contributed by atoms with Crippen LogP contribution in [0.15, 0.2) is 48.5 Å². The van der Waals surface area contributed by atoms with Crippen molar-refractivity contribution in [1.29, 1.82) is 0 Å². The molecule has 2 aliphatic heterocycles. The Morgan fingerprint density at radius 2 is 2.03 bits per heavy atom. The van der Waals surface area contributed by atoms with E-state index in [0.29, 0.717) is 38.0 Å². The van der Waals surface area contributed by atoms with Gasteiger partial charge in [0.15, 0.2) is 0 Å². The lowest BCUT2D eigenvalue weighted by molar-refractivity contribution is -0.119. The third-order valence-corrected chi connectivity index (χ3v) is 6.42. The van der Waals surface area contributed by atoms with E-state index in [9.17, 15) is 19.1 Å². The Hall–Kier alpha value is -2.68. The van der Waals surface area contributed by atoms with E-state index in [1.54, 1.807) is 6.07 Å². The van der Waals surface area contributed by atoms with Crippen LogP contribution in [0, 0.1) is 5.82 Å². The molecule has 7 nitrogen and oxygen atoms in total. The summed E-state index contributed by atoms with van der Waals surface area (Å²) in [5, 5.41) is 14.2. The van der Waals surface area contributed by atoms with Gasteiger partial charge in [0.05, 0.1) is 23.2 Å². The number of likely N-dealkylation sites (tertiary alicyclic amines) is 1. The molecule has 0 aromatic heterocycles. The summed E-state index contributed by atoms with van der Waals surface area (Å²) in [6.45, 7) is 1.40. The van der Waals surface area contributed by atoms with Crippen LogP contribution in [0.5, 0.6) is 0 Å². The number of nitrogens with zero attached hydrogens (tertiary/aromatic N) is 2. The highest BCUT2D eigenvalue weighted by Crippen LogP contribution is 2.27. The average molecular weight is 476 g/mol. The van der Waals surface area contributed by atoms with E-state index >= 15 is 0 Å². The highest BCUT2D eigenvalue weighted by molar-refractivity contribution is 6.30. The molecule has 2 aromatic carbocycles. The largest absolute Gasteiger partial charge is 0.445 e. The number of hydrogen-bond acceptors (Lipinski definition) is 5. The maximum absolute atomic E-state index is 13.8. The number of ether oxygens (including phenoxy) is 1. The molecule has 2 saturated heterocycles. The lowest BCUT2D eigenvalue weighted by Gasteiger charge is -2.39. The van der Waals surface area contributed by atoms with Gasteiger partial charge in [0.1, 0.15) is 12.4 Å². The first-order valence-corrected chi connectivity index (χ1v) is 11.4. The van der Waals surface area contributed by atoms with Crippen molar-refractivity contribution in [2.75, 3.05) is 31.1 Å². The van der Waals surface area contributed by atoms with Gasteiger partial charge in [-0.15, -0.1) is 0 Å². The third-order valence-electron chi connectivity index (χ3n) is 6.12. The number of aliphatic hydroxyl groups is 1. The van der Waals surface area contributed by atoms with Crippen molar-refractivity contribution in [3.05, 3.63) is 64.9 Å². The van der Waals surface area contributed by atoms with Gasteiger partial charge < -0.3 is 25.0 Å². The first kappa shape index (κ1) is 23.5. The lowest BCUT2D eigenvalue weighted by atomic mass is 9.92. The van der Waals surface area contributed by atoms with Crippen LogP contribution >= 0.6 is 11.6 Å². The number of β-amino-alcohol motifs (C(OH)–C–C–N with tert-alkyl or cyclic N) is 1. The SMILES string of the molecule is O=C(OCc1ccccc1)N1CCCC(O)(CNC2CCN(c3ccc(Cl)c(F)c3)C2=O)C1. The Bertz CT molecular complexity index is 1010. The van der Waals surface area contributed by atoms with Gasteiger partial charge in [0, 0.05) is 25.3 Å². The molecule has 0 radical (unpaired) electrons. The molecule has 2 aliphatic rings. The molecule has 2 fully saturated rings. The second-order valence-electron chi connectivity index (χ2n) is 8.60. The molecule has 2 unspecified atom stereocenters. The Labute approximate surface area is 197 Å². The van der Waals surface area contributed by atoms with Crippen LogP contribution in [-0.4, -0.2) is 59.8 Å². The predicted molar refractivity (Wildman–Crippen MR) is 123 cm³/mol. The molecule has 2 N–H and O–H groups in total. The molecule has 0 aliphatic carbocycles. The maximum atomic E-state index is 13.8. The zero-order valence-electron chi connectivity index (χ0n) is 18.2. The standard InChI is InChI=1S/C24H27ClFN3O4/c25-19-8-7-18(13-20(19)26)29-12-9-21(22(29)30)27-15-24(32)10-4-11-28(16-24)23(31)33-14-17-5-2-1-3-6-17/h1-3,5-8,13,21,27,32H,4,9-12,14-16H2. The van der Waals surface area contributed by atoms with Crippen LogP contribution < -0.4 is 10.2 Å². The van der Waals surface area contributed by atoms with Crippen molar-refractivity contribution in [2.24, 2.45) is 0 Å². The topological polar surface area (TPSA) is 82.1 Å². The monoisotopic (exact) mass is 475 g/mol. The molecule has 0 bridgehead atoms. The van der Waals surface area contributed by atoms with Gasteiger partial charge in [-0.2, -0.15) is 0 Å². The van der Waals surface area contributed by atoms with E-state index in [0.717, 1.165) is 5.56 Å². The van der Waals surface area contributed by atoms with Gasteiger partial charge >= 0.3 is 6.09 Å². The minimum atomic E-state index is -1.16. The van der Waals surface area contributed by atoms with Crippen molar-refractivity contribution < 1.29 is 23.8 Å². The summed E-state index contributed by atoms with van der Waals surface area (Å²) in [5.74, 6) is -0.760. The van der Waals surface area contributed by atoms with Crippen LogP contribution in [-0.2, 0) is 16.1 Å². The average Bonchev–Trinajstić information content (AvgIpc) is 3.19. The fourth-order valence-electron chi connectivity index (χ4n) is 4.31. The molecule has 0 spiro atoms. The lowest BCUT2D eigenvalue weighted by Crippen LogP contribution is -2.56. The zero-order chi connectivity index (χ0) is 23.4. The first-order chi connectivity index (χ1) is 15.8. The second-order valence-corrected chi connectivity index (χ2v) is 9.01. The molecule has 4 rings (SSSR count). The quantitative estimate of drug-likeness (QED) is 0.669. The van der Waals surface area contributed by atoms with E-state index in [4.69, 9.17) is 16.3 Å². The number of amides is 2. The number of halogens is 2. The summed E-state index contributed by atoms with van der Waals surface area (Å²) in [7, 11) is 0. The highest BCUT2D eigenvalue weighted by Gasteiger charge is 2.39. The zero-order valence-corrected chi connectivity index (χ0v) is 18.9. The number of carbonyl (C=O) groups is 2. The molecule has 9 heteroatoms. The van der Waals surface area contributed by atoms with Gasteiger partial charge in [0.25, 0.3) is 0 Å². The fraction of sp³-hybridized carbons (Fsp3) is 0.417. The number of rotatable bonds is 6. The maximum Gasteiger partial charge on any atom is 0.410 e. The summed E-state index contributed by atoms with van der Waals surface area (Å²) in [5.41, 5.74) is 0.184. The summed E-state index contributed by atoms with van der Waals surface area (Å²) < 4.78 is 19.2. The minimum Gasteiger partial charge on any atom is -0.445 e. The Balaban J connectivity index is 1.29. The van der Waals surface area contributed by atoms with E-state index in [-0.39, 0.29) is 30.6 Å². The molecule has 33 heavy (non-hydrogen) atoms. The summed E-state index contributed by atoms with van der Waals surface area (Å²) in [4.78, 5) is 28.3. The van der Waals surface area contributed by atoms with Crippen molar-refractivity contribution in [3.8, 4) is 0 Å². The van der Waals surface area contributed by atoms with Crippen LogP contribution in [0.25, 0.3) is 0 Å². The van der Waals surface area contributed by atoms with Crippen molar-refractivity contribution in [1.82, 2.24) is 10.2 Å². The normalized spacial score (nSPS) is 23.1. The molecular weight excluding hydrogens is 449 g/mol. The summed E-state index contributed by atoms with van der Waals surface area (Å²) >= 11 is 5.73. The molecule has 0 saturated carbocycles. The van der Waals surface area contributed by atoms with Crippen molar-refractivity contribution >= 4 is 29.3 Å². The smallest absolute Gasteiger partial charge is 0.410 e. The van der Waals surface area contributed by atoms with Gasteiger partial charge in [0.2, 0.25) is 5.91 Å². The number of anilines is 1. The number of hydrogen-bond donors (Lipinski definition) is 2. The second kappa shape index (κ2) is 10.1. The van der Waals surface area contributed by atoms with Crippen molar-refractivity contribution in [2.45, 2.75) is 37.5 Å². The minimum absolute atomic E-state index is 0.00596. The molecule has 2 aromatic rings. The summed E-state index contributed by atoms with van der Waals surface area (Å²) in [6, 6.07) is 13.2. The number of carbonyl (C=O) groups excluding carboxylic acids is 2. The molecule has 2 atom stereocenters. The summed E-state index contributed by atoms with van der Waals surface area (Å²) in [6.07, 6.45) is 1.20. The van der Waals surface area contributed by atoms with Gasteiger partial charge in [-0.3, -0.25) is 4.79 Å². The Morgan fingerprint density at radius 1 is 1.24 bits per heavy atom. The predicted octanol–water partition coefficient (Wildman–Crippen LogP) is 3.34. The number of piperidine rings is 1. The van der Waals surface area contributed by atoms with Crippen LogP contribution in [0.4, 0.5) is 14.9 Å². The first-order valence-electron chi connectivity index (χ1n) is 11.0. The Morgan fingerprint density at radius 3 is 2.79 bits per heavy atom. The van der Waals surface area contributed by atoms with Crippen molar-refractivity contribution in [3.63, 3.8) is 0 Å².